The van der Waals surface area contributed by atoms with Crippen LogP contribution in [0.2, 0.25) is 0 Å². The molecule has 1 atom stereocenters. The third kappa shape index (κ3) is 2.70. The van der Waals surface area contributed by atoms with Crippen molar-refractivity contribution in [2.75, 3.05) is 18.1 Å². The van der Waals surface area contributed by atoms with E-state index in [1.807, 2.05) is 6.92 Å². The van der Waals surface area contributed by atoms with Crippen LogP contribution in [0.4, 0.5) is 0 Å². The molecule has 14 heavy (non-hydrogen) atoms. The van der Waals surface area contributed by atoms with Crippen LogP contribution in [0.3, 0.4) is 0 Å². The average Bonchev–Trinajstić information content (AvgIpc) is 2.41. The van der Waals surface area contributed by atoms with Crippen molar-refractivity contribution < 1.29 is 13.2 Å². The van der Waals surface area contributed by atoms with E-state index in [1.165, 1.54) is 6.92 Å². The summed E-state index contributed by atoms with van der Waals surface area (Å²) in [4.78, 5) is 12.9. The van der Waals surface area contributed by atoms with Gasteiger partial charge >= 0.3 is 0 Å². The van der Waals surface area contributed by atoms with Crippen molar-refractivity contribution in [2.45, 2.75) is 32.7 Å². The number of sulfone groups is 1. The molecule has 1 fully saturated rings. The summed E-state index contributed by atoms with van der Waals surface area (Å²) in [5, 5.41) is 0. The fourth-order valence-corrected chi connectivity index (χ4v) is 3.59. The van der Waals surface area contributed by atoms with Crippen LogP contribution in [-0.2, 0) is 14.6 Å². The molecule has 1 heterocycles. The highest BCUT2D eigenvalue weighted by molar-refractivity contribution is 7.91. The Kier molecular flexibility index (Phi) is 3.53. The van der Waals surface area contributed by atoms with E-state index in [4.69, 9.17) is 0 Å². The predicted octanol–water partition coefficient (Wildman–Crippen LogP) is 0.432. The highest BCUT2D eigenvalue weighted by atomic mass is 32.2. The van der Waals surface area contributed by atoms with Crippen molar-refractivity contribution >= 4 is 15.7 Å². The van der Waals surface area contributed by atoms with Crippen molar-refractivity contribution in [1.29, 1.82) is 0 Å². The number of amides is 1. The van der Waals surface area contributed by atoms with E-state index < -0.39 is 9.84 Å². The summed E-state index contributed by atoms with van der Waals surface area (Å²) in [5.74, 6) is 0.353. The summed E-state index contributed by atoms with van der Waals surface area (Å²) in [6.07, 6.45) is 1.47. The third-order valence-electron chi connectivity index (χ3n) is 2.52. The molecule has 0 aromatic carbocycles. The Morgan fingerprint density at radius 3 is 2.50 bits per heavy atom. The number of carbonyl (C=O) groups is 1. The van der Waals surface area contributed by atoms with Crippen molar-refractivity contribution in [2.24, 2.45) is 0 Å². The van der Waals surface area contributed by atoms with Gasteiger partial charge < -0.3 is 4.90 Å². The molecular formula is C9H17NO3S. The minimum atomic E-state index is -2.89. The number of nitrogens with zero attached hydrogens (tertiary/aromatic N) is 1. The monoisotopic (exact) mass is 219 g/mol. The Bertz CT molecular complexity index is 310. The molecular weight excluding hydrogens is 202 g/mol. The Morgan fingerprint density at radius 1 is 1.50 bits per heavy atom. The maximum absolute atomic E-state index is 11.3. The van der Waals surface area contributed by atoms with Gasteiger partial charge in [0.2, 0.25) is 5.91 Å². The summed E-state index contributed by atoms with van der Waals surface area (Å²) in [5.41, 5.74) is 0. The normalized spacial score (nSPS) is 24.9. The molecule has 0 radical (unpaired) electrons. The maximum Gasteiger partial charge on any atom is 0.219 e. The quantitative estimate of drug-likeness (QED) is 0.691. The summed E-state index contributed by atoms with van der Waals surface area (Å²) in [6, 6.07) is -0.0857. The van der Waals surface area contributed by atoms with Crippen LogP contribution in [0.5, 0.6) is 0 Å². The molecule has 1 saturated heterocycles. The minimum absolute atomic E-state index is 0.0195. The van der Waals surface area contributed by atoms with Gasteiger partial charge in [0.05, 0.1) is 11.5 Å². The molecule has 0 aromatic heterocycles. The first-order valence-corrected chi connectivity index (χ1v) is 6.76. The van der Waals surface area contributed by atoms with E-state index in [9.17, 15) is 13.2 Å². The second-order valence-electron chi connectivity index (χ2n) is 3.77. The summed E-state index contributed by atoms with van der Waals surface area (Å²) >= 11 is 0. The number of rotatable bonds is 3. The van der Waals surface area contributed by atoms with E-state index in [1.54, 1.807) is 4.90 Å². The largest absolute Gasteiger partial charge is 0.339 e. The smallest absolute Gasteiger partial charge is 0.219 e. The van der Waals surface area contributed by atoms with Gasteiger partial charge in [-0.25, -0.2) is 8.42 Å². The summed E-state index contributed by atoms with van der Waals surface area (Å²) < 4.78 is 22.5. The van der Waals surface area contributed by atoms with Crippen molar-refractivity contribution in [3.8, 4) is 0 Å². The lowest BCUT2D eigenvalue weighted by Gasteiger charge is -2.26. The number of carbonyl (C=O) groups excluding carboxylic acids is 1. The van der Waals surface area contributed by atoms with Gasteiger partial charge in [-0.3, -0.25) is 4.79 Å². The standard InChI is InChI=1S/C9H17NO3S/c1-3-5-10(8(2)11)9-4-6-14(12,13)7-9/h9H,3-7H2,1-2H3. The molecule has 82 valence electrons. The Balaban J connectivity index is 2.67. The molecule has 0 saturated carbocycles. The Hall–Kier alpha value is -0.580. The molecule has 1 amide bonds. The molecule has 0 bridgehead atoms. The predicted molar refractivity (Wildman–Crippen MR) is 54.7 cm³/mol. The molecule has 0 N–H and O–H groups in total. The third-order valence-corrected chi connectivity index (χ3v) is 4.27. The van der Waals surface area contributed by atoms with Crippen molar-refractivity contribution in [1.82, 2.24) is 4.90 Å². The van der Waals surface area contributed by atoms with Crippen LogP contribution in [0.25, 0.3) is 0 Å². The van der Waals surface area contributed by atoms with Gasteiger partial charge in [0.15, 0.2) is 9.84 Å². The zero-order valence-corrected chi connectivity index (χ0v) is 9.51. The summed E-state index contributed by atoms with van der Waals surface area (Å²) in [6.45, 7) is 4.15. The van der Waals surface area contributed by atoms with Crippen molar-refractivity contribution in [3.05, 3.63) is 0 Å². The van der Waals surface area contributed by atoms with Crippen LogP contribution < -0.4 is 0 Å². The van der Waals surface area contributed by atoms with Crippen molar-refractivity contribution in [3.63, 3.8) is 0 Å². The van der Waals surface area contributed by atoms with Gasteiger partial charge in [-0.1, -0.05) is 6.92 Å². The van der Waals surface area contributed by atoms with Crippen LogP contribution in [-0.4, -0.2) is 43.3 Å². The van der Waals surface area contributed by atoms with Crippen LogP contribution in [0.15, 0.2) is 0 Å². The Morgan fingerprint density at radius 2 is 2.14 bits per heavy atom. The van der Waals surface area contributed by atoms with E-state index in [0.29, 0.717) is 13.0 Å². The zero-order valence-electron chi connectivity index (χ0n) is 8.69. The molecule has 5 heteroatoms. The lowest BCUT2D eigenvalue weighted by molar-refractivity contribution is -0.130. The highest BCUT2D eigenvalue weighted by Crippen LogP contribution is 2.18. The molecule has 4 nitrogen and oxygen atoms in total. The van der Waals surface area contributed by atoms with Gasteiger partial charge in [0.25, 0.3) is 0 Å². The van der Waals surface area contributed by atoms with E-state index in [2.05, 4.69) is 0 Å². The minimum Gasteiger partial charge on any atom is -0.339 e. The molecule has 0 aromatic rings. The molecule has 1 aliphatic rings. The van der Waals surface area contributed by atoms with E-state index >= 15 is 0 Å². The van der Waals surface area contributed by atoms with Crippen LogP contribution in [0.1, 0.15) is 26.7 Å². The molecule has 1 unspecified atom stereocenters. The van der Waals surface area contributed by atoms with Crippen LogP contribution in [0, 0.1) is 0 Å². The SMILES string of the molecule is CCCN(C(C)=O)C1CCS(=O)(=O)C1. The maximum atomic E-state index is 11.3. The molecule has 0 aliphatic carbocycles. The van der Waals surface area contributed by atoms with E-state index in [0.717, 1.165) is 6.42 Å². The summed E-state index contributed by atoms with van der Waals surface area (Å²) in [7, 11) is -2.89. The lowest BCUT2D eigenvalue weighted by atomic mass is 10.2. The molecule has 0 spiro atoms. The second kappa shape index (κ2) is 4.29. The fraction of sp³-hybridized carbons (Fsp3) is 0.889. The van der Waals surface area contributed by atoms with E-state index in [-0.39, 0.29) is 23.5 Å². The van der Waals surface area contributed by atoms with Gasteiger partial charge in [0, 0.05) is 19.5 Å². The zero-order chi connectivity index (χ0) is 10.8. The number of hydrogen-bond donors (Lipinski definition) is 0. The van der Waals surface area contributed by atoms with Gasteiger partial charge in [-0.05, 0) is 12.8 Å². The van der Waals surface area contributed by atoms with Gasteiger partial charge in [-0.2, -0.15) is 0 Å². The second-order valence-corrected chi connectivity index (χ2v) is 6.00. The molecule has 1 aliphatic heterocycles. The topological polar surface area (TPSA) is 54.5 Å². The van der Waals surface area contributed by atoms with Gasteiger partial charge in [0.1, 0.15) is 0 Å². The van der Waals surface area contributed by atoms with Gasteiger partial charge in [-0.15, -0.1) is 0 Å². The first-order chi connectivity index (χ1) is 6.46. The highest BCUT2D eigenvalue weighted by Gasteiger charge is 2.32. The lowest BCUT2D eigenvalue weighted by Crippen LogP contribution is -2.40. The average molecular weight is 219 g/mol. The Labute approximate surface area is 85.2 Å². The fourth-order valence-electron chi connectivity index (χ4n) is 1.86. The molecule has 1 rings (SSSR count). The van der Waals surface area contributed by atoms with Crippen LogP contribution >= 0.6 is 0 Å². The number of hydrogen-bond acceptors (Lipinski definition) is 3. The first-order valence-electron chi connectivity index (χ1n) is 4.94. The first kappa shape index (κ1) is 11.5.